The number of carbonyl (C=O) groups is 1. The number of hydrogen-bond acceptors (Lipinski definition) is 6. The van der Waals surface area contributed by atoms with Crippen molar-refractivity contribution in [3.63, 3.8) is 0 Å². The first kappa shape index (κ1) is 30.8. The monoisotopic (exact) mass is 546 g/mol. The number of rotatable bonds is 17. The molecule has 214 valence electrons. The van der Waals surface area contributed by atoms with Crippen LogP contribution >= 0.6 is 0 Å². The van der Waals surface area contributed by atoms with Crippen LogP contribution in [-0.4, -0.2) is 21.3 Å². The minimum atomic E-state index is -1.04. The van der Waals surface area contributed by atoms with Gasteiger partial charge < -0.3 is 24.8 Å². The van der Waals surface area contributed by atoms with Gasteiger partial charge in [-0.15, -0.1) is 0 Å². The quantitative estimate of drug-likeness (QED) is 0.0896. The van der Waals surface area contributed by atoms with Crippen molar-refractivity contribution in [3.05, 3.63) is 89.5 Å². The topological polar surface area (TPSA) is 96.2 Å². The average molecular weight is 547 g/mol. The van der Waals surface area contributed by atoms with E-state index < -0.39 is 6.10 Å². The number of esters is 1. The molecule has 0 saturated heterocycles. The first-order chi connectivity index (χ1) is 19.5. The molecule has 0 saturated carbocycles. The van der Waals surface area contributed by atoms with Gasteiger partial charge in [-0.1, -0.05) is 101 Å². The zero-order valence-electron chi connectivity index (χ0n) is 23.4. The largest absolute Gasteiger partial charge is 0.508 e. The number of aliphatic hydroxyl groups is 1. The van der Waals surface area contributed by atoms with Crippen LogP contribution in [0, 0.1) is 0 Å². The van der Waals surface area contributed by atoms with Gasteiger partial charge in [-0.3, -0.25) is 4.79 Å². The predicted molar refractivity (Wildman–Crippen MR) is 158 cm³/mol. The van der Waals surface area contributed by atoms with Crippen molar-refractivity contribution in [1.29, 1.82) is 0 Å². The SMILES string of the molecule is CCCCCCCCCCCC(=O)Oc1ccc(C=CC(O)c2ccc(O)cc2OCc2ccccc2)c(O)c1. The molecule has 1 atom stereocenters. The second-order valence-corrected chi connectivity index (χ2v) is 10.1. The molecule has 3 aromatic rings. The van der Waals surface area contributed by atoms with Crippen molar-refractivity contribution in [2.24, 2.45) is 0 Å². The van der Waals surface area contributed by atoms with E-state index in [4.69, 9.17) is 9.47 Å². The first-order valence-electron chi connectivity index (χ1n) is 14.4. The normalized spacial score (nSPS) is 11.9. The predicted octanol–water partition coefficient (Wildman–Crippen LogP) is 8.25. The number of ether oxygens (including phenoxy) is 2. The van der Waals surface area contributed by atoms with Crippen LogP contribution < -0.4 is 9.47 Å². The van der Waals surface area contributed by atoms with Crippen molar-refractivity contribution < 1.29 is 29.6 Å². The van der Waals surface area contributed by atoms with E-state index >= 15 is 0 Å². The Morgan fingerprint density at radius 1 is 0.850 bits per heavy atom. The summed E-state index contributed by atoms with van der Waals surface area (Å²) in [5, 5.41) is 31.2. The molecule has 1 unspecified atom stereocenters. The Labute approximate surface area is 237 Å². The van der Waals surface area contributed by atoms with Gasteiger partial charge in [-0.2, -0.15) is 0 Å². The highest BCUT2D eigenvalue weighted by atomic mass is 16.5. The van der Waals surface area contributed by atoms with Crippen molar-refractivity contribution in [1.82, 2.24) is 0 Å². The number of carbonyl (C=O) groups excluding carboxylic acids is 1. The Morgan fingerprint density at radius 2 is 1.55 bits per heavy atom. The molecular weight excluding hydrogens is 504 g/mol. The molecule has 0 radical (unpaired) electrons. The smallest absolute Gasteiger partial charge is 0.311 e. The van der Waals surface area contributed by atoms with E-state index in [1.165, 1.54) is 62.8 Å². The Bertz CT molecular complexity index is 1200. The summed E-state index contributed by atoms with van der Waals surface area (Å²) in [5.41, 5.74) is 1.90. The van der Waals surface area contributed by atoms with Crippen molar-refractivity contribution >= 4 is 12.0 Å². The van der Waals surface area contributed by atoms with Gasteiger partial charge in [0.2, 0.25) is 0 Å². The van der Waals surface area contributed by atoms with E-state index in [1.54, 1.807) is 24.3 Å². The van der Waals surface area contributed by atoms with Crippen molar-refractivity contribution in [3.8, 4) is 23.0 Å². The van der Waals surface area contributed by atoms with Crippen LogP contribution in [0.25, 0.3) is 6.08 Å². The second-order valence-electron chi connectivity index (χ2n) is 10.1. The fourth-order valence-corrected chi connectivity index (χ4v) is 4.42. The number of aromatic hydroxyl groups is 2. The van der Waals surface area contributed by atoms with Gasteiger partial charge in [0.25, 0.3) is 0 Å². The van der Waals surface area contributed by atoms with Crippen LogP contribution in [0.3, 0.4) is 0 Å². The number of aliphatic hydroxyl groups excluding tert-OH is 1. The minimum absolute atomic E-state index is 0.0311. The summed E-state index contributed by atoms with van der Waals surface area (Å²) < 4.78 is 11.3. The van der Waals surface area contributed by atoms with Crippen LogP contribution in [0.4, 0.5) is 0 Å². The van der Waals surface area contributed by atoms with Gasteiger partial charge in [0.05, 0.1) is 0 Å². The third-order valence-corrected chi connectivity index (χ3v) is 6.73. The van der Waals surface area contributed by atoms with Crippen LogP contribution in [0.15, 0.2) is 72.8 Å². The Kier molecular flexibility index (Phi) is 13.1. The fourth-order valence-electron chi connectivity index (χ4n) is 4.42. The Balaban J connectivity index is 1.48. The van der Waals surface area contributed by atoms with Crippen LogP contribution in [0.1, 0.15) is 93.9 Å². The van der Waals surface area contributed by atoms with E-state index in [-0.39, 0.29) is 29.8 Å². The number of benzene rings is 3. The Hall–Kier alpha value is -3.77. The standard InChI is InChI=1S/C34H42O6/c1-2-3-4-5-6-7-8-9-13-16-34(38)40-29-20-17-27(32(37)24-29)18-22-31(36)30-21-19-28(35)23-33(30)39-25-26-14-11-10-12-15-26/h10-12,14-15,17-24,31,35-37H,2-9,13,16,25H2,1H3. The molecule has 40 heavy (non-hydrogen) atoms. The Morgan fingerprint density at radius 3 is 2.25 bits per heavy atom. The number of phenols is 2. The molecule has 0 aliphatic heterocycles. The molecule has 0 bridgehead atoms. The molecule has 0 aliphatic rings. The summed E-state index contributed by atoms with van der Waals surface area (Å²) in [7, 11) is 0. The van der Waals surface area contributed by atoms with Gasteiger partial charge >= 0.3 is 5.97 Å². The lowest BCUT2D eigenvalue weighted by Crippen LogP contribution is -2.07. The third-order valence-electron chi connectivity index (χ3n) is 6.73. The van der Waals surface area contributed by atoms with Gasteiger partial charge in [0, 0.05) is 29.7 Å². The molecular formula is C34H42O6. The van der Waals surface area contributed by atoms with Crippen LogP contribution in [0.5, 0.6) is 23.0 Å². The highest BCUT2D eigenvalue weighted by molar-refractivity contribution is 5.73. The number of phenolic OH excluding ortho intramolecular Hbond substituents is 2. The van der Waals surface area contributed by atoms with Crippen molar-refractivity contribution in [2.45, 2.75) is 83.8 Å². The molecule has 6 heteroatoms. The van der Waals surface area contributed by atoms with Crippen molar-refractivity contribution in [2.75, 3.05) is 0 Å². The zero-order valence-corrected chi connectivity index (χ0v) is 23.4. The van der Waals surface area contributed by atoms with Gasteiger partial charge in [-0.25, -0.2) is 0 Å². The average Bonchev–Trinajstić information content (AvgIpc) is 2.95. The van der Waals surface area contributed by atoms with Gasteiger partial charge in [0.15, 0.2) is 0 Å². The van der Waals surface area contributed by atoms with E-state index in [0.29, 0.717) is 23.3 Å². The van der Waals surface area contributed by atoms with E-state index in [2.05, 4.69) is 6.92 Å². The highest BCUT2D eigenvalue weighted by Gasteiger charge is 2.13. The number of hydrogen-bond donors (Lipinski definition) is 3. The molecule has 0 spiro atoms. The summed E-state index contributed by atoms with van der Waals surface area (Å²) in [6, 6.07) is 18.8. The van der Waals surface area contributed by atoms with Crippen LogP contribution in [0.2, 0.25) is 0 Å². The highest BCUT2D eigenvalue weighted by Crippen LogP contribution is 2.32. The maximum atomic E-state index is 12.2. The fraction of sp³-hybridized carbons (Fsp3) is 0.382. The summed E-state index contributed by atoms with van der Waals surface area (Å²) in [4.78, 5) is 12.2. The molecule has 0 heterocycles. The summed E-state index contributed by atoms with van der Waals surface area (Å²) in [6.45, 7) is 2.51. The summed E-state index contributed by atoms with van der Waals surface area (Å²) >= 11 is 0. The lowest BCUT2D eigenvalue weighted by atomic mass is 10.1. The molecule has 0 fully saturated rings. The molecule has 3 aromatic carbocycles. The molecule has 0 aliphatic carbocycles. The lowest BCUT2D eigenvalue weighted by molar-refractivity contribution is -0.134. The molecule has 6 nitrogen and oxygen atoms in total. The summed E-state index contributed by atoms with van der Waals surface area (Å²) in [6.07, 6.45) is 13.0. The second kappa shape index (κ2) is 17.0. The maximum Gasteiger partial charge on any atom is 0.311 e. The van der Waals surface area contributed by atoms with Gasteiger partial charge in [0.1, 0.15) is 35.7 Å². The van der Waals surface area contributed by atoms with E-state index in [0.717, 1.165) is 24.8 Å². The number of unbranched alkanes of at least 4 members (excludes halogenated alkanes) is 8. The third kappa shape index (κ3) is 10.8. The maximum absolute atomic E-state index is 12.2. The molecule has 0 aromatic heterocycles. The first-order valence-corrected chi connectivity index (χ1v) is 14.4. The van der Waals surface area contributed by atoms with E-state index in [1.807, 2.05) is 30.3 Å². The molecule has 3 rings (SSSR count). The lowest BCUT2D eigenvalue weighted by Gasteiger charge is -2.15. The molecule has 3 N–H and O–H groups in total. The zero-order chi connectivity index (χ0) is 28.6. The van der Waals surface area contributed by atoms with Gasteiger partial charge in [-0.05, 0) is 36.2 Å². The summed E-state index contributed by atoms with van der Waals surface area (Å²) in [5.74, 6) is 0.300. The van der Waals surface area contributed by atoms with Crippen LogP contribution in [-0.2, 0) is 11.4 Å². The van der Waals surface area contributed by atoms with E-state index in [9.17, 15) is 20.1 Å². The minimum Gasteiger partial charge on any atom is -0.508 e. The molecule has 0 amide bonds.